The summed E-state index contributed by atoms with van der Waals surface area (Å²) in [6.07, 6.45) is 1.00. The van der Waals surface area contributed by atoms with Gasteiger partial charge in [-0.05, 0) is 49.6 Å². The van der Waals surface area contributed by atoms with Crippen LogP contribution in [0.2, 0.25) is 0 Å². The Morgan fingerprint density at radius 3 is 2.45 bits per heavy atom. The number of nitrogens with two attached hydrogens (primary N) is 1. The fourth-order valence-electron chi connectivity index (χ4n) is 2.08. The first-order valence-electron chi connectivity index (χ1n) is 6.56. The van der Waals surface area contributed by atoms with E-state index in [-0.39, 0.29) is 0 Å². The van der Waals surface area contributed by atoms with Crippen molar-refractivity contribution in [3.63, 3.8) is 0 Å². The lowest BCUT2D eigenvalue weighted by Gasteiger charge is -2.13. The summed E-state index contributed by atoms with van der Waals surface area (Å²) < 4.78 is 5.85. The molecule has 4 heteroatoms. The van der Waals surface area contributed by atoms with E-state index in [1.165, 1.54) is 5.56 Å². The predicted octanol–water partition coefficient (Wildman–Crippen LogP) is 3.69. The lowest BCUT2D eigenvalue weighted by molar-refractivity contribution is 0.460. The van der Waals surface area contributed by atoms with Crippen molar-refractivity contribution in [1.82, 2.24) is 4.98 Å². The number of rotatable bonds is 4. The van der Waals surface area contributed by atoms with Crippen molar-refractivity contribution in [2.24, 2.45) is 5.73 Å². The van der Waals surface area contributed by atoms with Crippen LogP contribution in [-0.4, -0.2) is 9.97 Å². The van der Waals surface area contributed by atoms with E-state index in [1.807, 2.05) is 44.2 Å². The van der Waals surface area contributed by atoms with Gasteiger partial charge in [0.25, 0.3) is 0 Å². The molecule has 0 bridgehead atoms. The minimum atomic E-state index is 0.301. The Kier molecular flexibility index (Phi) is 4.35. The van der Waals surface area contributed by atoms with Gasteiger partial charge in [0.15, 0.2) is 0 Å². The molecule has 2 N–H and O–H groups in total. The van der Waals surface area contributed by atoms with Crippen molar-refractivity contribution in [2.45, 2.75) is 27.2 Å². The molecule has 0 radical (unpaired) electrons. The molecule has 1 aromatic carbocycles. The summed E-state index contributed by atoms with van der Waals surface area (Å²) in [5, 5.41) is 0. The molecule has 0 aliphatic rings. The van der Waals surface area contributed by atoms with Gasteiger partial charge in [0.2, 0.25) is 5.88 Å². The number of hydrogen-bond donors (Lipinski definition) is 1. The summed E-state index contributed by atoms with van der Waals surface area (Å²) in [4.78, 5) is 4.70. The van der Waals surface area contributed by atoms with Crippen molar-refractivity contribution in [2.75, 3.05) is 0 Å². The van der Waals surface area contributed by atoms with Gasteiger partial charge >= 0.3 is 0 Å². The number of hydrogen-bond acceptors (Lipinski definition) is 3. The molecule has 20 heavy (non-hydrogen) atoms. The summed E-state index contributed by atoms with van der Waals surface area (Å²) in [6, 6.07) is 9.89. The highest BCUT2D eigenvalue weighted by Gasteiger charge is 2.13. The fourth-order valence-corrected chi connectivity index (χ4v) is 2.33. The fraction of sp³-hybridized carbons (Fsp3) is 0.250. The topological polar surface area (TPSA) is 48.1 Å². The quantitative estimate of drug-likeness (QED) is 0.871. The molecule has 0 spiro atoms. The smallest absolute Gasteiger partial charge is 0.229 e. The Balaban J connectivity index is 2.39. The van der Waals surface area contributed by atoms with E-state index in [1.54, 1.807) is 0 Å². The van der Waals surface area contributed by atoms with Crippen LogP contribution in [0.25, 0.3) is 0 Å². The van der Waals surface area contributed by atoms with Gasteiger partial charge < -0.3 is 10.5 Å². The number of thiocarbonyl (C=S) groups is 1. The zero-order valence-corrected chi connectivity index (χ0v) is 12.8. The molecule has 2 rings (SSSR count). The summed E-state index contributed by atoms with van der Waals surface area (Å²) in [5.41, 5.74) is 9.59. The second kappa shape index (κ2) is 6.01. The first-order chi connectivity index (χ1) is 9.51. The molecule has 0 aliphatic carbocycles. The van der Waals surface area contributed by atoms with E-state index in [0.29, 0.717) is 16.4 Å². The van der Waals surface area contributed by atoms with Crippen LogP contribution >= 0.6 is 12.2 Å². The van der Waals surface area contributed by atoms with Gasteiger partial charge in [-0.25, -0.2) is 4.98 Å². The monoisotopic (exact) mass is 286 g/mol. The highest BCUT2D eigenvalue weighted by molar-refractivity contribution is 7.80. The second-order valence-electron chi connectivity index (χ2n) is 4.72. The van der Waals surface area contributed by atoms with Crippen LogP contribution in [0.3, 0.4) is 0 Å². The highest BCUT2D eigenvalue weighted by atomic mass is 32.1. The van der Waals surface area contributed by atoms with E-state index < -0.39 is 0 Å². The summed E-state index contributed by atoms with van der Waals surface area (Å²) in [5.74, 6) is 1.21. The Morgan fingerprint density at radius 1 is 1.25 bits per heavy atom. The van der Waals surface area contributed by atoms with Gasteiger partial charge in [0.1, 0.15) is 10.7 Å². The highest BCUT2D eigenvalue weighted by Crippen LogP contribution is 2.26. The van der Waals surface area contributed by atoms with Crippen molar-refractivity contribution < 1.29 is 4.74 Å². The van der Waals surface area contributed by atoms with E-state index in [2.05, 4.69) is 11.9 Å². The molecular weight excluding hydrogens is 268 g/mol. The molecule has 3 nitrogen and oxygen atoms in total. The van der Waals surface area contributed by atoms with E-state index >= 15 is 0 Å². The molecule has 0 atom stereocenters. The van der Waals surface area contributed by atoms with Gasteiger partial charge in [-0.2, -0.15) is 0 Å². The molecule has 0 saturated carbocycles. The molecule has 0 aliphatic heterocycles. The van der Waals surface area contributed by atoms with Crippen molar-refractivity contribution in [1.29, 1.82) is 0 Å². The normalized spacial score (nSPS) is 10.3. The minimum Gasteiger partial charge on any atom is -0.438 e. The van der Waals surface area contributed by atoms with Gasteiger partial charge in [-0.1, -0.05) is 31.3 Å². The number of aryl methyl sites for hydroxylation is 3. The third-order valence-electron chi connectivity index (χ3n) is 3.10. The van der Waals surface area contributed by atoms with Crippen LogP contribution in [0.5, 0.6) is 11.6 Å². The molecule has 0 amide bonds. The van der Waals surface area contributed by atoms with Gasteiger partial charge in [-0.3, -0.25) is 0 Å². The number of pyridine rings is 1. The first-order valence-corrected chi connectivity index (χ1v) is 6.97. The number of ether oxygens (including phenoxy) is 1. The maximum Gasteiger partial charge on any atom is 0.229 e. The van der Waals surface area contributed by atoms with E-state index in [4.69, 9.17) is 22.7 Å². The van der Waals surface area contributed by atoms with Gasteiger partial charge in [0, 0.05) is 5.69 Å². The molecular formula is C16H18N2OS. The average Bonchev–Trinajstić information content (AvgIpc) is 2.38. The molecule has 0 saturated heterocycles. The largest absolute Gasteiger partial charge is 0.438 e. The predicted molar refractivity (Wildman–Crippen MR) is 85.5 cm³/mol. The first kappa shape index (κ1) is 14.5. The zero-order valence-electron chi connectivity index (χ0n) is 11.9. The Bertz CT molecular complexity index is 636. The van der Waals surface area contributed by atoms with Crippen LogP contribution in [0, 0.1) is 13.8 Å². The van der Waals surface area contributed by atoms with Gasteiger partial charge in [0.05, 0.1) is 5.56 Å². The SMILES string of the molecule is CCc1ccc(Oc2nc(C)cc(C)c2C(N)=S)cc1. The number of benzene rings is 1. The van der Waals surface area contributed by atoms with Crippen molar-refractivity contribution in [3.05, 3.63) is 52.7 Å². The summed E-state index contributed by atoms with van der Waals surface area (Å²) in [7, 11) is 0. The maximum atomic E-state index is 5.85. The van der Waals surface area contributed by atoms with Crippen LogP contribution in [0.15, 0.2) is 30.3 Å². The molecule has 0 unspecified atom stereocenters. The molecule has 104 valence electrons. The Morgan fingerprint density at radius 2 is 1.90 bits per heavy atom. The lowest BCUT2D eigenvalue weighted by atomic mass is 10.1. The summed E-state index contributed by atoms with van der Waals surface area (Å²) >= 11 is 5.09. The zero-order chi connectivity index (χ0) is 14.7. The molecule has 0 fully saturated rings. The van der Waals surface area contributed by atoms with Crippen LogP contribution in [0.4, 0.5) is 0 Å². The molecule has 2 aromatic rings. The third-order valence-corrected chi connectivity index (χ3v) is 3.31. The van der Waals surface area contributed by atoms with E-state index in [0.717, 1.165) is 23.4 Å². The summed E-state index contributed by atoms with van der Waals surface area (Å²) in [6.45, 7) is 5.99. The third kappa shape index (κ3) is 3.14. The molecule has 1 heterocycles. The minimum absolute atomic E-state index is 0.301. The van der Waals surface area contributed by atoms with E-state index in [9.17, 15) is 0 Å². The van der Waals surface area contributed by atoms with Crippen LogP contribution < -0.4 is 10.5 Å². The Hall–Kier alpha value is -1.94. The number of aromatic nitrogens is 1. The standard InChI is InChI=1S/C16H18N2OS/c1-4-12-5-7-13(8-6-12)19-16-14(15(17)20)10(2)9-11(3)18-16/h5-9H,4H2,1-3H3,(H2,17,20). The number of nitrogens with zero attached hydrogens (tertiary/aromatic N) is 1. The van der Waals surface area contributed by atoms with Crippen molar-refractivity contribution in [3.8, 4) is 11.6 Å². The van der Waals surface area contributed by atoms with Crippen molar-refractivity contribution >= 4 is 17.2 Å². The van der Waals surface area contributed by atoms with Gasteiger partial charge in [-0.15, -0.1) is 0 Å². The van der Waals surface area contributed by atoms with Crippen LogP contribution in [-0.2, 0) is 6.42 Å². The Labute approximate surface area is 124 Å². The molecule has 1 aromatic heterocycles. The van der Waals surface area contributed by atoms with Crippen LogP contribution in [0.1, 0.15) is 29.3 Å². The second-order valence-corrected chi connectivity index (χ2v) is 5.16. The lowest BCUT2D eigenvalue weighted by Crippen LogP contribution is -2.14. The maximum absolute atomic E-state index is 5.85. The average molecular weight is 286 g/mol.